The highest BCUT2D eigenvalue weighted by molar-refractivity contribution is 7.11. The first kappa shape index (κ1) is 12.8. The van der Waals surface area contributed by atoms with Crippen LogP contribution in [0.5, 0.6) is 0 Å². The molecule has 0 aromatic carbocycles. The van der Waals surface area contributed by atoms with Crippen LogP contribution in [0.25, 0.3) is 11.6 Å². The number of aryl methyl sites for hydroxylation is 2. The fraction of sp³-hybridized carbons (Fsp3) is 0.400. The summed E-state index contributed by atoms with van der Waals surface area (Å²) in [4.78, 5) is 7.00. The van der Waals surface area contributed by atoms with Crippen LogP contribution in [0.4, 0.5) is 0 Å². The monoisotopic (exact) mass is 301 g/mol. The maximum atomic E-state index is 5.40. The highest BCUT2D eigenvalue weighted by Gasteiger charge is 2.24. The van der Waals surface area contributed by atoms with E-state index in [9.17, 15) is 0 Å². The van der Waals surface area contributed by atoms with Gasteiger partial charge >= 0.3 is 0 Å². The van der Waals surface area contributed by atoms with E-state index in [1.54, 1.807) is 11.3 Å². The van der Waals surface area contributed by atoms with Crippen LogP contribution in [0.3, 0.4) is 0 Å². The van der Waals surface area contributed by atoms with Crippen molar-refractivity contribution < 1.29 is 9.05 Å². The first-order valence-electron chi connectivity index (χ1n) is 7.15. The lowest BCUT2D eigenvalue weighted by Gasteiger charge is -2.07. The molecule has 4 rings (SSSR count). The highest BCUT2D eigenvalue weighted by atomic mass is 32.1. The highest BCUT2D eigenvalue weighted by Crippen LogP contribution is 2.30. The lowest BCUT2D eigenvalue weighted by atomic mass is 9.96. The summed E-state index contributed by atoms with van der Waals surface area (Å²) >= 11 is 1.76. The Morgan fingerprint density at radius 2 is 2.05 bits per heavy atom. The summed E-state index contributed by atoms with van der Waals surface area (Å²) in [5.74, 6) is 2.15. The number of rotatable bonds is 3. The molecule has 0 aliphatic heterocycles. The maximum Gasteiger partial charge on any atom is 0.280 e. The Labute approximate surface area is 126 Å². The van der Waals surface area contributed by atoms with Crippen molar-refractivity contribution in [2.45, 2.75) is 39.0 Å². The van der Waals surface area contributed by atoms with Gasteiger partial charge in [-0.25, -0.2) is 0 Å². The molecule has 3 aromatic rings. The summed E-state index contributed by atoms with van der Waals surface area (Å²) in [6.07, 6.45) is 4.96. The molecule has 1 aliphatic rings. The molecule has 1 aliphatic carbocycles. The zero-order valence-corrected chi connectivity index (χ0v) is 12.6. The second-order valence-corrected chi connectivity index (χ2v) is 6.72. The molecule has 6 heteroatoms. The van der Waals surface area contributed by atoms with E-state index in [4.69, 9.17) is 9.05 Å². The Hall–Kier alpha value is -1.95. The second kappa shape index (κ2) is 5.11. The Morgan fingerprint density at radius 1 is 1.14 bits per heavy atom. The molecule has 0 saturated carbocycles. The normalized spacial score (nSPS) is 14.3. The second-order valence-electron chi connectivity index (χ2n) is 5.34. The SMILES string of the molecule is Cc1ccc(Cc2noc(-c3noc4c3CCCC4)n2)s1. The first-order valence-corrected chi connectivity index (χ1v) is 7.97. The molecule has 21 heavy (non-hydrogen) atoms. The van der Waals surface area contributed by atoms with Gasteiger partial charge in [-0.2, -0.15) is 4.98 Å². The van der Waals surface area contributed by atoms with Gasteiger partial charge in [0.1, 0.15) is 5.76 Å². The average Bonchev–Trinajstić information content (AvgIpc) is 3.19. The fourth-order valence-electron chi connectivity index (χ4n) is 2.71. The third-order valence-electron chi connectivity index (χ3n) is 3.75. The number of nitrogens with zero attached hydrogens (tertiary/aromatic N) is 3. The molecule has 108 valence electrons. The third kappa shape index (κ3) is 2.40. The first-order chi connectivity index (χ1) is 10.3. The number of thiophene rings is 1. The zero-order chi connectivity index (χ0) is 14.2. The van der Waals surface area contributed by atoms with E-state index in [0.717, 1.165) is 42.7 Å². The Kier molecular flexibility index (Phi) is 3.11. The third-order valence-corrected chi connectivity index (χ3v) is 4.75. The maximum absolute atomic E-state index is 5.40. The predicted octanol–water partition coefficient (Wildman–Crippen LogP) is 3.56. The topological polar surface area (TPSA) is 65.0 Å². The van der Waals surface area contributed by atoms with Crippen LogP contribution in [-0.4, -0.2) is 15.3 Å². The number of hydrogen-bond donors (Lipinski definition) is 0. The molecular formula is C15H15N3O2S. The van der Waals surface area contributed by atoms with Gasteiger partial charge in [-0.15, -0.1) is 11.3 Å². The van der Waals surface area contributed by atoms with Gasteiger partial charge in [-0.3, -0.25) is 0 Å². The Bertz CT molecular complexity index is 772. The largest absolute Gasteiger partial charge is 0.360 e. The smallest absolute Gasteiger partial charge is 0.280 e. The van der Waals surface area contributed by atoms with Gasteiger partial charge in [-0.05, 0) is 38.3 Å². The van der Waals surface area contributed by atoms with Crippen LogP contribution in [0, 0.1) is 6.92 Å². The Balaban J connectivity index is 1.61. The van der Waals surface area contributed by atoms with E-state index in [1.807, 2.05) is 0 Å². The van der Waals surface area contributed by atoms with Gasteiger partial charge < -0.3 is 9.05 Å². The summed E-state index contributed by atoms with van der Waals surface area (Å²) in [5, 5.41) is 8.19. The molecule has 0 saturated heterocycles. The molecule has 0 unspecified atom stereocenters. The van der Waals surface area contributed by atoms with Crippen molar-refractivity contribution in [2.75, 3.05) is 0 Å². The average molecular weight is 301 g/mol. The van der Waals surface area contributed by atoms with E-state index in [1.165, 1.54) is 9.75 Å². The van der Waals surface area contributed by atoms with Gasteiger partial charge in [-0.1, -0.05) is 10.3 Å². The number of hydrogen-bond acceptors (Lipinski definition) is 6. The van der Waals surface area contributed by atoms with Crippen LogP contribution in [0.15, 0.2) is 21.2 Å². The molecule has 0 fully saturated rings. The number of fused-ring (bicyclic) bond motifs is 1. The lowest BCUT2D eigenvalue weighted by Crippen LogP contribution is -2.00. The number of aromatic nitrogens is 3. The molecular weight excluding hydrogens is 286 g/mol. The lowest BCUT2D eigenvalue weighted by molar-refractivity contribution is 0.369. The van der Waals surface area contributed by atoms with Crippen LogP contribution in [-0.2, 0) is 19.3 Å². The predicted molar refractivity (Wildman–Crippen MR) is 78.3 cm³/mol. The van der Waals surface area contributed by atoms with Crippen molar-refractivity contribution in [3.05, 3.63) is 39.0 Å². The minimum absolute atomic E-state index is 0.477. The van der Waals surface area contributed by atoms with Crippen LogP contribution >= 0.6 is 11.3 Å². The summed E-state index contributed by atoms with van der Waals surface area (Å²) in [6.45, 7) is 2.09. The van der Waals surface area contributed by atoms with Crippen molar-refractivity contribution in [2.24, 2.45) is 0 Å². The molecule has 0 N–H and O–H groups in total. The van der Waals surface area contributed by atoms with Crippen molar-refractivity contribution in [1.82, 2.24) is 15.3 Å². The molecule has 0 atom stereocenters. The van der Waals surface area contributed by atoms with E-state index in [2.05, 4.69) is 34.4 Å². The molecule has 0 spiro atoms. The molecule has 3 aromatic heterocycles. The van der Waals surface area contributed by atoms with E-state index in [0.29, 0.717) is 18.1 Å². The van der Waals surface area contributed by atoms with Gasteiger partial charge in [0.25, 0.3) is 5.89 Å². The van der Waals surface area contributed by atoms with Crippen LogP contribution in [0.2, 0.25) is 0 Å². The fourth-order valence-corrected chi connectivity index (χ4v) is 3.60. The van der Waals surface area contributed by atoms with Crippen LogP contribution < -0.4 is 0 Å². The van der Waals surface area contributed by atoms with Gasteiger partial charge in [0.05, 0.1) is 0 Å². The zero-order valence-electron chi connectivity index (χ0n) is 11.8. The van der Waals surface area contributed by atoms with Gasteiger partial charge in [0.15, 0.2) is 11.5 Å². The summed E-state index contributed by atoms with van der Waals surface area (Å²) in [5.41, 5.74) is 1.87. The Morgan fingerprint density at radius 3 is 2.90 bits per heavy atom. The summed E-state index contributed by atoms with van der Waals surface area (Å²) in [7, 11) is 0. The van der Waals surface area contributed by atoms with Gasteiger partial charge in [0, 0.05) is 28.2 Å². The summed E-state index contributed by atoms with van der Waals surface area (Å²) < 4.78 is 10.8. The van der Waals surface area contributed by atoms with E-state index in [-0.39, 0.29) is 0 Å². The van der Waals surface area contributed by atoms with E-state index >= 15 is 0 Å². The quantitative estimate of drug-likeness (QED) is 0.740. The van der Waals surface area contributed by atoms with Crippen molar-refractivity contribution in [1.29, 1.82) is 0 Å². The molecule has 5 nitrogen and oxygen atoms in total. The summed E-state index contributed by atoms with van der Waals surface area (Å²) in [6, 6.07) is 4.21. The van der Waals surface area contributed by atoms with E-state index < -0.39 is 0 Å². The molecule has 0 amide bonds. The van der Waals surface area contributed by atoms with Crippen molar-refractivity contribution >= 4 is 11.3 Å². The van der Waals surface area contributed by atoms with Crippen molar-refractivity contribution in [3.8, 4) is 11.6 Å². The van der Waals surface area contributed by atoms with Crippen LogP contribution in [0.1, 0.15) is 39.7 Å². The molecule has 0 bridgehead atoms. The van der Waals surface area contributed by atoms with Gasteiger partial charge in [0.2, 0.25) is 0 Å². The van der Waals surface area contributed by atoms with Crippen molar-refractivity contribution in [3.63, 3.8) is 0 Å². The minimum atomic E-state index is 0.477. The standard InChI is InChI=1S/C15H15N3O2S/c1-9-6-7-10(21-9)8-13-16-15(20-17-13)14-11-4-2-3-5-12(11)19-18-14/h6-7H,2-5,8H2,1H3. The molecule has 3 heterocycles. The molecule has 0 radical (unpaired) electrons. The minimum Gasteiger partial charge on any atom is -0.360 e.